The van der Waals surface area contributed by atoms with Gasteiger partial charge in [0.1, 0.15) is 5.52 Å². The summed E-state index contributed by atoms with van der Waals surface area (Å²) >= 11 is 5.91. The second-order valence-electron chi connectivity index (χ2n) is 6.08. The number of rotatable bonds is 4. The topological polar surface area (TPSA) is 68.8 Å². The lowest BCUT2D eigenvalue weighted by Crippen LogP contribution is -2.07. The normalized spacial score (nSPS) is 11.9. The van der Waals surface area contributed by atoms with Crippen molar-refractivity contribution in [2.45, 2.75) is 19.6 Å². The number of aromatic nitrogens is 4. The van der Waals surface area contributed by atoms with Crippen molar-refractivity contribution < 1.29 is 17.6 Å². The summed E-state index contributed by atoms with van der Waals surface area (Å²) < 4.78 is 45.1. The number of fused-ring (bicyclic) bond motifs is 1. The Morgan fingerprint density at radius 2 is 1.89 bits per heavy atom. The Kier molecular flexibility index (Phi) is 4.46. The van der Waals surface area contributed by atoms with Gasteiger partial charge in [-0.25, -0.2) is 9.67 Å². The number of anilines is 1. The molecule has 0 aliphatic carbocycles. The monoisotopic (exact) mass is 407 g/mol. The minimum Gasteiger partial charge on any atom is -0.459 e. The summed E-state index contributed by atoms with van der Waals surface area (Å²) in [5.41, 5.74) is 1.99. The lowest BCUT2D eigenvalue weighted by atomic mass is 10.2. The van der Waals surface area contributed by atoms with Crippen molar-refractivity contribution in [1.29, 1.82) is 0 Å². The number of nitrogens with one attached hydrogen (secondary N) is 1. The third-order valence-corrected chi connectivity index (χ3v) is 4.26. The van der Waals surface area contributed by atoms with E-state index >= 15 is 0 Å². The van der Waals surface area contributed by atoms with Gasteiger partial charge in [-0.2, -0.15) is 23.3 Å². The van der Waals surface area contributed by atoms with Gasteiger partial charge in [0.15, 0.2) is 17.1 Å². The number of furan rings is 1. The van der Waals surface area contributed by atoms with Crippen LogP contribution in [0.1, 0.15) is 17.0 Å². The molecule has 0 amide bonds. The second kappa shape index (κ2) is 6.83. The number of aryl methyl sites for hydroxylation is 1. The van der Waals surface area contributed by atoms with E-state index < -0.39 is 11.9 Å². The summed E-state index contributed by atoms with van der Waals surface area (Å²) in [6.07, 6.45) is -2.98. The number of benzene rings is 1. The standard InChI is InChI=1S/C18H13ClF3N5O/c1-10-8-14(18(20,21)22)26-27(10)12-4-2-11(3-5-12)9-23-16-15-13(6-7-28-15)24-17(19)25-16/h2-8H,9H2,1H3,(H,23,24,25). The van der Waals surface area contributed by atoms with E-state index in [1.165, 1.54) is 10.9 Å². The molecule has 28 heavy (non-hydrogen) atoms. The van der Waals surface area contributed by atoms with Crippen molar-refractivity contribution in [3.63, 3.8) is 0 Å². The summed E-state index contributed by atoms with van der Waals surface area (Å²) in [4.78, 5) is 8.17. The quantitative estimate of drug-likeness (QED) is 0.482. The first kappa shape index (κ1) is 18.3. The molecule has 0 radical (unpaired) electrons. The van der Waals surface area contributed by atoms with Crippen molar-refractivity contribution >= 4 is 28.5 Å². The zero-order chi connectivity index (χ0) is 19.9. The Labute approximate surface area is 162 Å². The fourth-order valence-electron chi connectivity index (χ4n) is 2.77. The predicted octanol–water partition coefficient (Wildman–Crippen LogP) is 5.00. The fourth-order valence-corrected chi connectivity index (χ4v) is 2.95. The van der Waals surface area contributed by atoms with Crippen molar-refractivity contribution in [3.05, 3.63) is 64.9 Å². The van der Waals surface area contributed by atoms with Gasteiger partial charge in [-0.3, -0.25) is 0 Å². The third kappa shape index (κ3) is 3.53. The molecule has 4 rings (SSSR count). The molecule has 4 aromatic rings. The van der Waals surface area contributed by atoms with Gasteiger partial charge >= 0.3 is 6.18 Å². The number of alkyl halides is 3. The molecule has 6 nitrogen and oxygen atoms in total. The van der Waals surface area contributed by atoms with Crippen molar-refractivity contribution in [2.75, 3.05) is 5.32 Å². The number of halogens is 4. The Bertz CT molecular complexity index is 1130. The van der Waals surface area contributed by atoms with Crippen LogP contribution in [0.15, 0.2) is 47.1 Å². The summed E-state index contributed by atoms with van der Waals surface area (Å²) in [7, 11) is 0. The van der Waals surface area contributed by atoms with Crippen molar-refractivity contribution in [3.8, 4) is 5.69 Å². The SMILES string of the molecule is Cc1cc(C(F)(F)F)nn1-c1ccc(CNc2nc(Cl)nc3ccoc23)cc1. The Hall–Kier alpha value is -3.07. The molecule has 1 N–H and O–H groups in total. The van der Waals surface area contributed by atoms with Crippen LogP contribution in [0.5, 0.6) is 0 Å². The van der Waals surface area contributed by atoms with Crippen LogP contribution in [0.4, 0.5) is 19.0 Å². The molecule has 0 saturated heterocycles. The molecular weight excluding hydrogens is 395 g/mol. The maximum absolute atomic E-state index is 12.8. The molecule has 3 heterocycles. The molecule has 0 saturated carbocycles. The summed E-state index contributed by atoms with van der Waals surface area (Å²) in [6, 6.07) is 9.68. The van der Waals surface area contributed by atoms with E-state index in [1.807, 2.05) is 0 Å². The predicted molar refractivity (Wildman–Crippen MR) is 97.4 cm³/mol. The maximum atomic E-state index is 12.8. The zero-order valence-electron chi connectivity index (χ0n) is 14.5. The molecule has 0 spiro atoms. The van der Waals surface area contributed by atoms with Crippen molar-refractivity contribution in [2.24, 2.45) is 0 Å². The van der Waals surface area contributed by atoms with E-state index in [4.69, 9.17) is 16.0 Å². The lowest BCUT2D eigenvalue weighted by Gasteiger charge is -2.08. The van der Waals surface area contributed by atoms with Gasteiger partial charge in [0.2, 0.25) is 5.28 Å². The van der Waals surface area contributed by atoms with Gasteiger partial charge < -0.3 is 9.73 Å². The fraction of sp³-hybridized carbons (Fsp3) is 0.167. The molecule has 144 valence electrons. The minimum atomic E-state index is -4.48. The molecule has 0 aliphatic heterocycles. The highest BCUT2D eigenvalue weighted by molar-refractivity contribution is 6.28. The van der Waals surface area contributed by atoms with Gasteiger partial charge in [0, 0.05) is 18.3 Å². The van der Waals surface area contributed by atoms with E-state index in [-0.39, 0.29) is 5.28 Å². The smallest absolute Gasteiger partial charge is 0.435 e. The highest BCUT2D eigenvalue weighted by Gasteiger charge is 2.34. The minimum absolute atomic E-state index is 0.0985. The number of nitrogens with zero attached hydrogens (tertiary/aromatic N) is 4. The summed E-state index contributed by atoms with van der Waals surface area (Å²) in [6.45, 7) is 1.99. The average molecular weight is 408 g/mol. The van der Waals surface area contributed by atoms with E-state index in [2.05, 4.69) is 20.4 Å². The Morgan fingerprint density at radius 3 is 2.57 bits per heavy atom. The van der Waals surface area contributed by atoms with Gasteiger partial charge in [0.05, 0.1) is 12.0 Å². The van der Waals surface area contributed by atoms with E-state index in [9.17, 15) is 13.2 Å². The van der Waals surface area contributed by atoms with Crippen LogP contribution in [0.2, 0.25) is 5.28 Å². The highest BCUT2D eigenvalue weighted by atomic mass is 35.5. The van der Waals surface area contributed by atoms with Crippen LogP contribution in [0.3, 0.4) is 0 Å². The molecule has 3 aromatic heterocycles. The molecule has 0 fully saturated rings. The summed E-state index contributed by atoms with van der Waals surface area (Å²) in [5.74, 6) is 0.460. The maximum Gasteiger partial charge on any atom is 0.435 e. The van der Waals surface area contributed by atoms with Crippen molar-refractivity contribution in [1.82, 2.24) is 19.7 Å². The van der Waals surface area contributed by atoms with Gasteiger partial charge in [-0.15, -0.1) is 0 Å². The zero-order valence-corrected chi connectivity index (χ0v) is 15.2. The first-order valence-corrected chi connectivity index (χ1v) is 8.57. The third-order valence-electron chi connectivity index (χ3n) is 4.10. The summed E-state index contributed by atoms with van der Waals surface area (Å²) in [5, 5.41) is 6.87. The van der Waals surface area contributed by atoms with Crippen LogP contribution in [0.25, 0.3) is 16.8 Å². The van der Waals surface area contributed by atoms with E-state index in [0.29, 0.717) is 34.8 Å². The van der Waals surface area contributed by atoms with Crippen LogP contribution in [-0.4, -0.2) is 19.7 Å². The largest absolute Gasteiger partial charge is 0.459 e. The molecule has 0 atom stereocenters. The van der Waals surface area contributed by atoms with Gasteiger partial charge in [-0.05, 0) is 42.3 Å². The van der Waals surface area contributed by atoms with E-state index in [0.717, 1.165) is 11.6 Å². The average Bonchev–Trinajstić information content (AvgIpc) is 3.26. The Balaban J connectivity index is 1.52. The molecule has 0 bridgehead atoms. The Morgan fingerprint density at radius 1 is 1.14 bits per heavy atom. The molecule has 0 aliphatic rings. The molecule has 0 unspecified atom stereocenters. The molecule has 1 aromatic carbocycles. The van der Waals surface area contributed by atoms with Crippen LogP contribution in [0, 0.1) is 6.92 Å². The first-order chi connectivity index (χ1) is 13.3. The first-order valence-electron chi connectivity index (χ1n) is 8.19. The lowest BCUT2D eigenvalue weighted by molar-refractivity contribution is -0.141. The highest BCUT2D eigenvalue weighted by Crippen LogP contribution is 2.29. The molecule has 10 heteroatoms. The van der Waals surface area contributed by atoms with E-state index in [1.54, 1.807) is 37.3 Å². The van der Waals surface area contributed by atoms with Crippen LogP contribution >= 0.6 is 11.6 Å². The van der Waals surface area contributed by atoms with Crippen LogP contribution < -0.4 is 5.32 Å². The number of hydrogen-bond acceptors (Lipinski definition) is 5. The second-order valence-corrected chi connectivity index (χ2v) is 6.41. The van der Waals surface area contributed by atoms with Gasteiger partial charge in [-0.1, -0.05) is 12.1 Å². The van der Waals surface area contributed by atoms with Crippen LogP contribution in [-0.2, 0) is 12.7 Å². The number of hydrogen-bond donors (Lipinski definition) is 1. The van der Waals surface area contributed by atoms with Gasteiger partial charge in [0.25, 0.3) is 0 Å². The molecular formula is C18H13ClF3N5O.